The van der Waals surface area contributed by atoms with Gasteiger partial charge in [-0.05, 0) is 43.5 Å². The fourth-order valence-corrected chi connectivity index (χ4v) is 3.47. The zero-order chi connectivity index (χ0) is 15.3. The van der Waals surface area contributed by atoms with Crippen molar-refractivity contribution in [3.63, 3.8) is 0 Å². The van der Waals surface area contributed by atoms with Gasteiger partial charge in [0.2, 0.25) is 0 Å². The maximum Gasteiger partial charge on any atom is 0.0528 e. The zero-order valence-corrected chi connectivity index (χ0v) is 13.1. The summed E-state index contributed by atoms with van der Waals surface area (Å²) in [4.78, 5) is 2.53. The molecule has 1 aliphatic heterocycles. The van der Waals surface area contributed by atoms with Gasteiger partial charge in [0.1, 0.15) is 0 Å². The van der Waals surface area contributed by atoms with Crippen LogP contribution in [0.3, 0.4) is 0 Å². The molecule has 22 heavy (non-hydrogen) atoms. The van der Waals surface area contributed by atoms with Crippen LogP contribution in [0.25, 0.3) is 0 Å². The van der Waals surface area contributed by atoms with Crippen LogP contribution < -0.4 is 0 Å². The second-order valence-corrected chi connectivity index (χ2v) is 6.38. The third-order valence-electron chi connectivity index (χ3n) is 5.06. The molecule has 2 nitrogen and oxygen atoms in total. The average molecular weight is 295 g/mol. The van der Waals surface area contributed by atoms with Crippen molar-refractivity contribution in [2.24, 2.45) is 0 Å². The van der Waals surface area contributed by atoms with Gasteiger partial charge in [0.15, 0.2) is 0 Å². The van der Waals surface area contributed by atoms with Crippen molar-refractivity contribution < 1.29 is 5.11 Å². The van der Waals surface area contributed by atoms with Gasteiger partial charge in [0.25, 0.3) is 0 Å². The normalized spacial score (nSPS) is 18.2. The molecule has 0 saturated carbocycles. The van der Waals surface area contributed by atoms with E-state index in [0.717, 1.165) is 38.9 Å². The van der Waals surface area contributed by atoms with Gasteiger partial charge >= 0.3 is 0 Å². The summed E-state index contributed by atoms with van der Waals surface area (Å²) in [5.41, 5.74) is 2.66. The third-order valence-corrected chi connectivity index (χ3v) is 5.06. The fourth-order valence-electron chi connectivity index (χ4n) is 3.47. The van der Waals surface area contributed by atoms with Gasteiger partial charge in [-0.2, -0.15) is 0 Å². The van der Waals surface area contributed by atoms with Gasteiger partial charge in [-0.1, -0.05) is 60.7 Å². The molecule has 2 aromatic rings. The predicted octanol–water partition coefficient (Wildman–Crippen LogP) is 3.26. The van der Waals surface area contributed by atoms with Gasteiger partial charge in [-0.25, -0.2) is 0 Å². The minimum atomic E-state index is -0.0372. The highest BCUT2D eigenvalue weighted by atomic mass is 16.3. The molecule has 1 N–H and O–H groups in total. The number of aliphatic hydroxyl groups is 1. The Balaban J connectivity index is 1.57. The Labute approximate surface area is 133 Å². The number of likely N-dealkylation sites (tertiary alicyclic amines) is 1. The first-order chi connectivity index (χ1) is 10.8. The van der Waals surface area contributed by atoms with Crippen LogP contribution in [0.5, 0.6) is 0 Å². The van der Waals surface area contributed by atoms with Gasteiger partial charge in [-0.15, -0.1) is 0 Å². The number of piperidine rings is 1. The number of aliphatic hydroxyl groups excluding tert-OH is 1. The van der Waals surface area contributed by atoms with E-state index < -0.39 is 0 Å². The molecule has 0 radical (unpaired) electrons. The lowest BCUT2D eigenvalue weighted by Crippen LogP contribution is -2.45. The average Bonchev–Trinajstić information content (AvgIpc) is 2.62. The second kappa shape index (κ2) is 7.08. The van der Waals surface area contributed by atoms with Crippen molar-refractivity contribution >= 4 is 0 Å². The molecule has 0 spiro atoms. The van der Waals surface area contributed by atoms with Crippen molar-refractivity contribution in [1.82, 2.24) is 4.90 Å². The van der Waals surface area contributed by atoms with Crippen LogP contribution >= 0.6 is 0 Å². The van der Waals surface area contributed by atoms with Crippen LogP contribution in [0.2, 0.25) is 0 Å². The summed E-state index contributed by atoms with van der Waals surface area (Å²) in [6.45, 7) is 3.51. The monoisotopic (exact) mass is 295 g/mol. The van der Waals surface area contributed by atoms with Crippen LogP contribution in [0.4, 0.5) is 0 Å². The molecule has 0 amide bonds. The Morgan fingerprint density at radius 3 is 2.05 bits per heavy atom. The van der Waals surface area contributed by atoms with Crippen LogP contribution in [0.15, 0.2) is 60.7 Å². The lowest BCUT2D eigenvalue weighted by molar-refractivity contribution is 0.102. The summed E-state index contributed by atoms with van der Waals surface area (Å²) in [5, 5.41) is 9.97. The molecular formula is C20H25NO. The molecule has 1 saturated heterocycles. The van der Waals surface area contributed by atoms with E-state index in [-0.39, 0.29) is 12.0 Å². The molecular weight excluding hydrogens is 270 g/mol. The highest BCUT2D eigenvalue weighted by Crippen LogP contribution is 2.35. The van der Waals surface area contributed by atoms with Crippen LogP contribution in [0.1, 0.15) is 24.0 Å². The molecule has 2 heteroatoms. The van der Waals surface area contributed by atoms with E-state index in [9.17, 15) is 5.11 Å². The molecule has 0 aromatic heterocycles. The van der Waals surface area contributed by atoms with Crippen LogP contribution in [-0.4, -0.2) is 36.2 Å². The van der Waals surface area contributed by atoms with E-state index in [1.807, 2.05) is 6.07 Å². The van der Waals surface area contributed by atoms with Crippen molar-refractivity contribution in [2.45, 2.75) is 24.7 Å². The van der Waals surface area contributed by atoms with E-state index in [1.54, 1.807) is 0 Å². The lowest BCUT2D eigenvalue weighted by atomic mass is 9.73. The van der Waals surface area contributed by atoms with E-state index in [0.29, 0.717) is 0 Å². The fraction of sp³-hybridized carbons (Fsp3) is 0.400. The SMILES string of the molecule is OCC1(c2ccccc2)CCN(CCc2ccccc2)CC1. The Kier molecular flexibility index (Phi) is 4.91. The summed E-state index contributed by atoms with van der Waals surface area (Å²) < 4.78 is 0. The molecule has 116 valence electrons. The summed E-state index contributed by atoms with van der Waals surface area (Å²) >= 11 is 0. The first kappa shape index (κ1) is 15.3. The van der Waals surface area contributed by atoms with E-state index in [4.69, 9.17) is 0 Å². The number of hydrogen-bond donors (Lipinski definition) is 1. The summed E-state index contributed by atoms with van der Waals surface area (Å²) in [6, 6.07) is 21.2. The highest BCUT2D eigenvalue weighted by Gasteiger charge is 2.35. The van der Waals surface area contributed by atoms with E-state index in [2.05, 4.69) is 59.5 Å². The molecule has 2 aromatic carbocycles. The maximum atomic E-state index is 9.97. The first-order valence-electron chi connectivity index (χ1n) is 8.25. The van der Waals surface area contributed by atoms with Gasteiger partial charge in [0.05, 0.1) is 6.61 Å². The molecule has 1 aliphatic rings. The number of rotatable bonds is 5. The quantitative estimate of drug-likeness (QED) is 0.915. The van der Waals surface area contributed by atoms with Crippen molar-refractivity contribution in [2.75, 3.05) is 26.2 Å². The summed E-state index contributed by atoms with van der Waals surface area (Å²) in [7, 11) is 0. The minimum absolute atomic E-state index is 0.0372. The van der Waals surface area contributed by atoms with Gasteiger partial charge < -0.3 is 10.0 Å². The molecule has 0 atom stereocenters. The van der Waals surface area contributed by atoms with Crippen molar-refractivity contribution in [1.29, 1.82) is 0 Å². The molecule has 0 aliphatic carbocycles. The van der Waals surface area contributed by atoms with E-state index in [1.165, 1.54) is 11.1 Å². The van der Waals surface area contributed by atoms with Gasteiger partial charge in [0, 0.05) is 12.0 Å². The molecule has 3 rings (SSSR count). The smallest absolute Gasteiger partial charge is 0.0528 e. The van der Waals surface area contributed by atoms with Crippen LogP contribution in [-0.2, 0) is 11.8 Å². The summed E-state index contributed by atoms with van der Waals surface area (Å²) in [6.07, 6.45) is 3.20. The Bertz CT molecular complexity index is 559. The lowest BCUT2D eigenvalue weighted by Gasteiger charge is -2.41. The minimum Gasteiger partial charge on any atom is -0.395 e. The van der Waals surface area contributed by atoms with E-state index >= 15 is 0 Å². The zero-order valence-electron chi connectivity index (χ0n) is 13.1. The first-order valence-corrected chi connectivity index (χ1v) is 8.25. The predicted molar refractivity (Wildman–Crippen MR) is 91.0 cm³/mol. The molecule has 1 heterocycles. The Hall–Kier alpha value is -1.64. The Morgan fingerprint density at radius 2 is 1.45 bits per heavy atom. The Morgan fingerprint density at radius 1 is 0.864 bits per heavy atom. The van der Waals surface area contributed by atoms with Crippen molar-refractivity contribution in [3.05, 3.63) is 71.8 Å². The standard InChI is InChI=1S/C20H25NO/c22-17-20(19-9-5-2-6-10-19)12-15-21(16-13-20)14-11-18-7-3-1-4-8-18/h1-10,22H,11-17H2. The van der Waals surface area contributed by atoms with Gasteiger partial charge in [-0.3, -0.25) is 0 Å². The molecule has 0 bridgehead atoms. The molecule has 1 fully saturated rings. The largest absolute Gasteiger partial charge is 0.395 e. The topological polar surface area (TPSA) is 23.5 Å². The summed E-state index contributed by atoms with van der Waals surface area (Å²) in [5.74, 6) is 0. The second-order valence-electron chi connectivity index (χ2n) is 6.38. The third kappa shape index (κ3) is 3.40. The number of hydrogen-bond acceptors (Lipinski definition) is 2. The van der Waals surface area contributed by atoms with Crippen LogP contribution in [0, 0.1) is 0 Å². The highest BCUT2D eigenvalue weighted by molar-refractivity contribution is 5.26. The molecule has 0 unspecified atom stereocenters. The number of benzene rings is 2. The maximum absolute atomic E-state index is 9.97. The number of nitrogens with zero attached hydrogens (tertiary/aromatic N) is 1. The van der Waals surface area contributed by atoms with Crippen molar-refractivity contribution in [3.8, 4) is 0 Å².